The smallest absolute Gasteiger partial charge is 0.412 e. The summed E-state index contributed by atoms with van der Waals surface area (Å²) < 4.78 is 37.1. The van der Waals surface area contributed by atoms with Gasteiger partial charge in [0.25, 0.3) is 10.1 Å². The van der Waals surface area contributed by atoms with E-state index in [0.717, 1.165) is 16.0 Å². The van der Waals surface area contributed by atoms with E-state index >= 15 is 0 Å². The van der Waals surface area contributed by atoms with Crippen molar-refractivity contribution in [3.8, 4) is 0 Å². The quantitative estimate of drug-likeness (QED) is 0.585. The van der Waals surface area contributed by atoms with Crippen molar-refractivity contribution < 1.29 is 22.5 Å². The first-order chi connectivity index (χ1) is 12.2. The minimum Gasteiger partial charge on any atom is -0.444 e. The summed E-state index contributed by atoms with van der Waals surface area (Å²) in [7, 11) is -5.97. The van der Waals surface area contributed by atoms with Gasteiger partial charge in [-0.25, -0.2) is 4.79 Å². The van der Waals surface area contributed by atoms with Gasteiger partial charge in [0, 0.05) is 5.39 Å². The van der Waals surface area contributed by atoms with Gasteiger partial charge in [0.1, 0.15) is 11.4 Å². The van der Waals surface area contributed by atoms with Gasteiger partial charge in [-0.05, 0) is 43.0 Å². The molecule has 27 heavy (non-hydrogen) atoms. The SMILES string of the molecule is CC(C)(C)OC(=O)Nc1c([Si](C)(C)C)ccc2ccc(CS(=O)(=O)O)cc12. The second-order valence-electron chi connectivity index (χ2n) is 8.65. The van der Waals surface area contributed by atoms with Crippen LogP contribution in [0, 0.1) is 0 Å². The van der Waals surface area contributed by atoms with E-state index in [2.05, 4.69) is 25.0 Å². The number of anilines is 1. The first-order valence-electron chi connectivity index (χ1n) is 8.67. The summed E-state index contributed by atoms with van der Waals surface area (Å²) in [6.45, 7) is 11.9. The van der Waals surface area contributed by atoms with Crippen molar-refractivity contribution in [2.45, 2.75) is 51.8 Å². The minimum atomic E-state index is -4.15. The molecule has 0 saturated heterocycles. The predicted molar refractivity (Wildman–Crippen MR) is 112 cm³/mol. The predicted octanol–water partition coefficient (Wildman–Crippen LogP) is 4.12. The molecule has 148 valence electrons. The lowest BCUT2D eigenvalue weighted by Gasteiger charge is -2.25. The average molecular weight is 410 g/mol. The van der Waals surface area contributed by atoms with Crippen molar-refractivity contribution in [1.82, 2.24) is 0 Å². The second-order valence-corrected chi connectivity index (χ2v) is 15.1. The average Bonchev–Trinajstić information content (AvgIpc) is 2.42. The number of fused-ring (bicyclic) bond motifs is 1. The summed E-state index contributed by atoms with van der Waals surface area (Å²) in [6, 6.07) is 9.09. The van der Waals surface area contributed by atoms with Gasteiger partial charge < -0.3 is 4.74 Å². The zero-order valence-corrected chi connectivity index (χ0v) is 18.4. The highest BCUT2D eigenvalue weighted by atomic mass is 32.2. The lowest BCUT2D eigenvalue weighted by molar-refractivity contribution is 0.0636. The third kappa shape index (κ3) is 6.05. The summed E-state index contributed by atoms with van der Waals surface area (Å²) in [5.41, 5.74) is 0.451. The normalized spacial score (nSPS) is 12.9. The fraction of sp³-hybridized carbons (Fsp3) is 0.421. The Morgan fingerprint density at radius 1 is 1.15 bits per heavy atom. The van der Waals surface area contributed by atoms with Gasteiger partial charge in [0.15, 0.2) is 0 Å². The van der Waals surface area contributed by atoms with Crippen LogP contribution in [0.2, 0.25) is 19.6 Å². The molecule has 0 saturated carbocycles. The highest BCUT2D eigenvalue weighted by Gasteiger charge is 2.25. The number of ether oxygens (including phenoxy) is 1. The standard InChI is InChI=1S/C19H27NO5SSi/c1-19(2,3)25-18(21)20-17-15-11-13(12-26(22,23)24)7-8-14(15)9-10-16(17)27(4,5)6/h7-11H,12H2,1-6H3,(H,20,21)(H,22,23,24). The van der Waals surface area contributed by atoms with Crippen LogP contribution in [0.3, 0.4) is 0 Å². The van der Waals surface area contributed by atoms with Crippen LogP contribution in [0.15, 0.2) is 30.3 Å². The van der Waals surface area contributed by atoms with Gasteiger partial charge in [0.05, 0.1) is 13.8 Å². The van der Waals surface area contributed by atoms with Crippen LogP contribution in [-0.2, 0) is 20.6 Å². The van der Waals surface area contributed by atoms with E-state index in [1.165, 1.54) is 0 Å². The van der Waals surface area contributed by atoms with Crippen molar-refractivity contribution in [2.24, 2.45) is 0 Å². The van der Waals surface area contributed by atoms with E-state index < -0.39 is 35.6 Å². The van der Waals surface area contributed by atoms with Crippen LogP contribution >= 0.6 is 0 Å². The molecule has 0 bridgehead atoms. The van der Waals surface area contributed by atoms with Crippen molar-refractivity contribution in [3.63, 3.8) is 0 Å². The van der Waals surface area contributed by atoms with Crippen molar-refractivity contribution in [1.29, 1.82) is 0 Å². The number of hydrogen-bond donors (Lipinski definition) is 2. The monoisotopic (exact) mass is 409 g/mol. The van der Waals surface area contributed by atoms with E-state index in [1.54, 1.807) is 39.0 Å². The molecule has 1 amide bonds. The fourth-order valence-electron chi connectivity index (χ4n) is 2.83. The molecule has 2 aromatic carbocycles. The van der Waals surface area contributed by atoms with Crippen molar-refractivity contribution in [3.05, 3.63) is 35.9 Å². The Balaban J connectivity index is 2.63. The molecular formula is C19H27NO5SSi. The molecule has 0 aromatic heterocycles. The van der Waals surface area contributed by atoms with Gasteiger partial charge in [-0.2, -0.15) is 8.42 Å². The number of amides is 1. The van der Waals surface area contributed by atoms with Crippen LogP contribution in [0.4, 0.5) is 10.5 Å². The van der Waals surface area contributed by atoms with Crippen LogP contribution in [0.1, 0.15) is 26.3 Å². The summed E-state index contributed by atoms with van der Waals surface area (Å²) in [5.74, 6) is -0.480. The Labute approximate surface area is 161 Å². The largest absolute Gasteiger partial charge is 0.444 e. The molecule has 0 spiro atoms. The number of nitrogens with one attached hydrogen (secondary N) is 1. The zero-order valence-electron chi connectivity index (χ0n) is 16.6. The molecule has 0 aliphatic carbocycles. The van der Waals surface area contributed by atoms with Crippen LogP contribution in [0.25, 0.3) is 10.8 Å². The van der Waals surface area contributed by atoms with E-state index in [1.807, 2.05) is 12.1 Å². The zero-order chi connectivity index (χ0) is 20.6. The maximum Gasteiger partial charge on any atom is 0.412 e. The molecule has 0 aliphatic rings. The molecule has 2 aromatic rings. The molecule has 2 rings (SSSR count). The molecule has 6 nitrogen and oxygen atoms in total. The molecule has 0 fully saturated rings. The fourth-order valence-corrected chi connectivity index (χ4v) is 4.96. The van der Waals surface area contributed by atoms with E-state index in [9.17, 15) is 13.2 Å². The number of rotatable bonds is 4. The lowest BCUT2D eigenvalue weighted by atomic mass is 10.1. The van der Waals surface area contributed by atoms with Crippen molar-refractivity contribution >= 4 is 45.9 Å². The summed E-state index contributed by atoms with van der Waals surface area (Å²) in [5, 5.41) is 5.49. The summed E-state index contributed by atoms with van der Waals surface area (Å²) >= 11 is 0. The Kier molecular flexibility index (Phi) is 5.75. The molecular weight excluding hydrogens is 382 g/mol. The molecule has 0 aliphatic heterocycles. The van der Waals surface area contributed by atoms with E-state index in [4.69, 9.17) is 9.29 Å². The first-order valence-corrected chi connectivity index (χ1v) is 13.8. The summed E-state index contributed by atoms with van der Waals surface area (Å²) in [6.07, 6.45) is -0.560. The van der Waals surface area contributed by atoms with E-state index in [-0.39, 0.29) is 0 Å². The highest BCUT2D eigenvalue weighted by molar-refractivity contribution is 7.85. The third-order valence-electron chi connectivity index (χ3n) is 3.87. The molecule has 0 atom stereocenters. The maximum absolute atomic E-state index is 12.4. The van der Waals surface area contributed by atoms with Crippen LogP contribution in [-0.4, -0.2) is 32.7 Å². The minimum absolute atomic E-state index is 0.449. The number of hydrogen-bond acceptors (Lipinski definition) is 4. The van der Waals surface area contributed by atoms with Gasteiger partial charge >= 0.3 is 6.09 Å². The molecule has 0 unspecified atom stereocenters. The lowest BCUT2D eigenvalue weighted by Crippen LogP contribution is -2.40. The Morgan fingerprint density at radius 3 is 2.26 bits per heavy atom. The topological polar surface area (TPSA) is 92.7 Å². The Morgan fingerprint density at radius 2 is 1.74 bits per heavy atom. The third-order valence-corrected chi connectivity index (χ3v) is 6.60. The summed E-state index contributed by atoms with van der Waals surface area (Å²) in [4.78, 5) is 12.4. The maximum atomic E-state index is 12.4. The van der Waals surface area contributed by atoms with Gasteiger partial charge in [0.2, 0.25) is 0 Å². The van der Waals surface area contributed by atoms with Gasteiger partial charge in [-0.3, -0.25) is 9.87 Å². The van der Waals surface area contributed by atoms with Crippen LogP contribution in [0.5, 0.6) is 0 Å². The Hall–Kier alpha value is -1.90. The second kappa shape index (κ2) is 7.25. The highest BCUT2D eigenvalue weighted by Crippen LogP contribution is 2.27. The molecule has 0 radical (unpaired) electrons. The van der Waals surface area contributed by atoms with Crippen molar-refractivity contribution in [2.75, 3.05) is 5.32 Å². The van der Waals surface area contributed by atoms with E-state index in [0.29, 0.717) is 11.3 Å². The van der Waals surface area contributed by atoms with Crippen LogP contribution < -0.4 is 10.5 Å². The molecule has 2 N–H and O–H groups in total. The Bertz CT molecular complexity index is 972. The first kappa shape index (κ1) is 21.4. The molecule has 0 heterocycles. The van der Waals surface area contributed by atoms with Gasteiger partial charge in [-0.1, -0.05) is 43.9 Å². The number of carbonyl (C=O) groups excluding carboxylic acids is 1. The number of carbonyl (C=O) groups is 1. The number of benzene rings is 2. The van der Waals surface area contributed by atoms with Gasteiger partial charge in [-0.15, -0.1) is 0 Å². The molecule has 8 heteroatoms.